The van der Waals surface area contributed by atoms with Crippen LogP contribution in [-0.4, -0.2) is 21.9 Å². The Bertz CT molecular complexity index is 643. The number of hydrogen-bond acceptors (Lipinski definition) is 6. The molecule has 0 aliphatic carbocycles. The average Bonchev–Trinajstić information content (AvgIpc) is 2.68. The van der Waals surface area contributed by atoms with E-state index in [1.54, 1.807) is 19.9 Å². The van der Waals surface area contributed by atoms with Gasteiger partial charge in [-0.3, -0.25) is 0 Å². The molecule has 18 heavy (non-hydrogen) atoms. The highest BCUT2D eigenvalue weighted by Gasteiger charge is 2.16. The zero-order valence-corrected chi connectivity index (χ0v) is 10.2. The van der Waals surface area contributed by atoms with Crippen LogP contribution in [0.15, 0.2) is 21.8 Å². The predicted octanol–water partition coefficient (Wildman–Crippen LogP) is 2.13. The van der Waals surface area contributed by atoms with Gasteiger partial charge >= 0.3 is 5.97 Å². The monoisotopic (exact) mass is 248 g/mol. The van der Waals surface area contributed by atoms with Crippen LogP contribution in [0.5, 0.6) is 5.75 Å². The van der Waals surface area contributed by atoms with Crippen molar-refractivity contribution in [2.75, 3.05) is 0 Å². The first-order valence-corrected chi connectivity index (χ1v) is 5.31. The first kappa shape index (κ1) is 12.1. The molecule has 0 saturated heterocycles. The maximum Gasteiger partial charge on any atom is 0.331 e. The Hall–Kier alpha value is -2.37. The molecule has 6 heteroatoms. The standard InChI is InChI=1S/C12H12N2O4/c1-6-9-4-5-10(16)11(12(9)18-13-6)7(2)14-17-8(3)15/h4-5,16H,1-3H3/b14-7+. The van der Waals surface area contributed by atoms with Crippen LogP contribution in [0.3, 0.4) is 0 Å². The summed E-state index contributed by atoms with van der Waals surface area (Å²) in [4.78, 5) is 15.2. The van der Waals surface area contributed by atoms with E-state index in [1.165, 1.54) is 13.0 Å². The largest absolute Gasteiger partial charge is 0.507 e. The SMILES string of the molecule is CC(=O)O/N=C(\C)c1c(O)ccc2c(C)noc12. The van der Waals surface area contributed by atoms with Crippen molar-refractivity contribution >= 4 is 22.7 Å². The number of benzene rings is 1. The summed E-state index contributed by atoms with van der Waals surface area (Å²) in [6, 6.07) is 3.23. The molecule has 0 atom stereocenters. The van der Waals surface area contributed by atoms with E-state index in [9.17, 15) is 9.90 Å². The number of oxime groups is 1. The molecule has 0 fully saturated rings. The van der Waals surface area contributed by atoms with Crippen molar-refractivity contribution in [1.82, 2.24) is 5.16 Å². The van der Waals surface area contributed by atoms with Gasteiger partial charge in [0.2, 0.25) is 0 Å². The van der Waals surface area contributed by atoms with Crippen LogP contribution in [-0.2, 0) is 9.63 Å². The molecule has 0 bridgehead atoms. The molecule has 0 aliphatic heterocycles. The molecule has 0 radical (unpaired) electrons. The van der Waals surface area contributed by atoms with E-state index >= 15 is 0 Å². The molecule has 2 rings (SSSR count). The number of carbonyl (C=O) groups excluding carboxylic acids is 1. The second-order valence-corrected chi connectivity index (χ2v) is 3.86. The zero-order chi connectivity index (χ0) is 13.3. The van der Waals surface area contributed by atoms with Crippen molar-refractivity contribution in [1.29, 1.82) is 0 Å². The van der Waals surface area contributed by atoms with Gasteiger partial charge in [0, 0.05) is 12.3 Å². The summed E-state index contributed by atoms with van der Waals surface area (Å²) < 4.78 is 5.16. The van der Waals surface area contributed by atoms with Gasteiger partial charge in [-0.1, -0.05) is 10.3 Å². The van der Waals surface area contributed by atoms with Gasteiger partial charge in [-0.25, -0.2) is 4.79 Å². The lowest BCUT2D eigenvalue weighted by Crippen LogP contribution is -2.00. The first-order valence-electron chi connectivity index (χ1n) is 5.31. The van der Waals surface area contributed by atoms with E-state index in [4.69, 9.17) is 4.52 Å². The molecule has 0 unspecified atom stereocenters. The third-order valence-corrected chi connectivity index (χ3v) is 2.47. The Labute approximate surface area is 103 Å². The summed E-state index contributed by atoms with van der Waals surface area (Å²) in [6.45, 7) is 4.65. The maximum absolute atomic E-state index is 10.7. The summed E-state index contributed by atoms with van der Waals surface area (Å²) in [5, 5.41) is 18.1. The van der Waals surface area contributed by atoms with E-state index in [1.807, 2.05) is 0 Å². The first-order chi connectivity index (χ1) is 8.50. The van der Waals surface area contributed by atoms with Crippen molar-refractivity contribution in [2.45, 2.75) is 20.8 Å². The Morgan fingerprint density at radius 1 is 1.44 bits per heavy atom. The lowest BCUT2D eigenvalue weighted by Gasteiger charge is -2.03. The van der Waals surface area contributed by atoms with Gasteiger partial charge < -0.3 is 14.5 Å². The number of aromatic hydroxyl groups is 1. The van der Waals surface area contributed by atoms with E-state index in [0.717, 1.165) is 5.39 Å². The summed E-state index contributed by atoms with van der Waals surface area (Å²) in [5.41, 5.74) is 1.84. The van der Waals surface area contributed by atoms with Crippen molar-refractivity contribution < 1.29 is 19.3 Å². The van der Waals surface area contributed by atoms with Crippen LogP contribution in [0.1, 0.15) is 25.1 Å². The van der Waals surface area contributed by atoms with Crippen LogP contribution < -0.4 is 0 Å². The molecule has 1 heterocycles. The molecule has 0 aliphatic rings. The minimum Gasteiger partial charge on any atom is -0.507 e. The smallest absolute Gasteiger partial charge is 0.331 e. The van der Waals surface area contributed by atoms with Crippen molar-refractivity contribution in [3.63, 3.8) is 0 Å². The van der Waals surface area contributed by atoms with Crippen LogP contribution in [0.4, 0.5) is 0 Å². The third-order valence-electron chi connectivity index (χ3n) is 2.47. The van der Waals surface area contributed by atoms with Gasteiger partial charge in [0.1, 0.15) is 5.75 Å². The lowest BCUT2D eigenvalue weighted by atomic mass is 10.1. The van der Waals surface area contributed by atoms with Gasteiger partial charge in [0.15, 0.2) is 5.58 Å². The Balaban J connectivity index is 2.58. The number of aryl methyl sites for hydroxylation is 1. The lowest BCUT2D eigenvalue weighted by molar-refractivity contribution is -0.140. The number of rotatable bonds is 2. The Morgan fingerprint density at radius 3 is 2.83 bits per heavy atom. The number of hydrogen-bond donors (Lipinski definition) is 1. The maximum atomic E-state index is 10.7. The van der Waals surface area contributed by atoms with Gasteiger partial charge in [-0.05, 0) is 26.0 Å². The van der Waals surface area contributed by atoms with Crippen molar-refractivity contribution in [3.05, 3.63) is 23.4 Å². The van der Waals surface area contributed by atoms with Crippen LogP contribution in [0.2, 0.25) is 0 Å². The molecule has 0 saturated carbocycles. The van der Waals surface area contributed by atoms with Gasteiger partial charge in [-0.2, -0.15) is 0 Å². The van der Waals surface area contributed by atoms with Gasteiger partial charge in [0.25, 0.3) is 0 Å². The summed E-state index contributed by atoms with van der Waals surface area (Å²) >= 11 is 0. The highest BCUT2D eigenvalue weighted by atomic mass is 16.7. The van der Waals surface area contributed by atoms with Crippen molar-refractivity contribution in [2.24, 2.45) is 5.16 Å². The molecule has 6 nitrogen and oxygen atoms in total. The Morgan fingerprint density at radius 2 is 2.17 bits per heavy atom. The van der Waals surface area contributed by atoms with E-state index < -0.39 is 5.97 Å². The summed E-state index contributed by atoms with van der Waals surface area (Å²) in [5.74, 6) is -0.540. The fourth-order valence-electron chi connectivity index (χ4n) is 1.64. The van der Waals surface area contributed by atoms with Crippen LogP contribution in [0.25, 0.3) is 11.0 Å². The third kappa shape index (κ3) is 2.04. The minimum absolute atomic E-state index is 0.00736. The van der Waals surface area contributed by atoms with Crippen LogP contribution in [0, 0.1) is 6.92 Å². The molecule has 0 spiro atoms. The quantitative estimate of drug-likeness (QED) is 0.500. The molecule has 1 aromatic heterocycles. The highest BCUT2D eigenvalue weighted by molar-refractivity contribution is 6.10. The molecule has 1 aromatic carbocycles. The highest BCUT2D eigenvalue weighted by Crippen LogP contribution is 2.29. The number of phenolic OH excluding ortho intramolecular Hbond substituents is 1. The number of fused-ring (bicyclic) bond motifs is 1. The molecular weight excluding hydrogens is 236 g/mol. The summed E-state index contributed by atoms with van der Waals surface area (Å²) in [6.07, 6.45) is 0. The van der Waals surface area contributed by atoms with Crippen molar-refractivity contribution in [3.8, 4) is 5.75 Å². The van der Waals surface area contributed by atoms with E-state index in [-0.39, 0.29) is 5.75 Å². The molecule has 0 amide bonds. The number of carbonyl (C=O) groups is 1. The number of aromatic nitrogens is 1. The fraction of sp³-hybridized carbons (Fsp3) is 0.250. The van der Waals surface area contributed by atoms with Gasteiger partial charge in [0.05, 0.1) is 17.0 Å². The topological polar surface area (TPSA) is 84.9 Å². The zero-order valence-electron chi connectivity index (χ0n) is 10.2. The number of nitrogens with zero attached hydrogens (tertiary/aromatic N) is 2. The molecule has 1 N–H and O–H groups in total. The molecule has 2 aromatic rings. The van der Waals surface area contributed by atoms with Crippen LogP contribution >= 0.6 is 0 Å². The average molecular weight is 248 g/mol. The normalized spacial score (nSPS) is 11.8. The predicted molar refractivity (Wildman–Crippen MR) is 64.4 cm³/mol. The summed E-state index contributed by atoms with van der Waals surface area (Å²) in [7, 11) is 0. The molecule has 94 valence electrons. The van der Waals surface area contributed by atoms with E-state index in [2.05, 4.69) is 15.1 Å². The Kier molecular flexibility index (Phi) is 3.01. The van der Waals surface area contributed by atoms with Gasteiger partial charge in [-0.15, -0.1) is 0 Å². The molecular formula is C12H12N2O4. The number of phenols is 1. The fourth-order valence-corrected chi connectivity index (χ4v) is 1.64. The van der Waals surface area contributed by atoms with E-state index in [0.29, 0.717) is 22.6 Å². The second-order valence-electron chi connectivity index (χ2n) is 3.86. The minimum atomic E-state index is -0.533. The second kappa shape index (κ2) is 4.48.